The summed E-state index contributed by atoms with van der Waals surface area (Å²) in [5.41, 5.74) is -1.25. The van der Waals surface area contributed by atoms with Crippen molar-refractivity contribution < 1.29 is 5.11 Å². The maximum Gasteiger partial charge on any atom is 0.0860 e. The molecule has 0 amide bonds. The Morgan fingerprint density at radius 3 is 1.93 bits per heavy atom. The summed E-state index contributed by atoms with van der Waals surface area (Å²) in [7, 11) is 0. The van der Waals surface area contributed by atoms with Gasteiger partial charge < -0.3 is 5.11 Å². The van der Waals surface area contributed by atoms with Crippen LogP contribution in [0.4, 0.5) is 0 Å². The smallest absolute Gasteiger partial charge is 0.0860 e. The van der Waals surface area contributed by atoms with Gasteiger partial charge in [0.1, 0.15) is 0 Å². The molecule has 0 aromatic heterocycles. The van der Waals surface area contributed by atoms with Crippen molar-refractivity contribution in [3.8, 4) is 6.07 Å². The summed E-state index contributed by atoms with van der Waals surface area (Å²) < 4.78 is 0. The number of hydrogen-bond donors (Lipinski definition) is 1. The van der Waals surface area contributed by atoms with E-state index < -0.39 is 11.0 Å². The van der Waals surface area contributed by atoms with Crippen LogP contribution >= 0.6 is 0 Å². The first-order chi connectivity index (χ1) is 7.14. The average Bonchev–Trinajstić information content (AvgIpc) is 2.54. The molecule has 0 radical (unpaired) electrons. The summed E-state index contributed by atoms with van der Waals surface area (Å²) in [5.74, 6) is 0. The van der Waals surface area contributed by atoms with Gasteiger partial charge in [-0.15, -0.1) is 0 Å². The lowest BCUT2D eigenvalue weighted by Gasteiger charge is -2.41. The van der Waals surface area contributed by atoms with E-state index in [4.69, 9.17) is 0 Å². The van der Waals surface area contributed by atoms with E-state index >= 15 is 0 Å². The fraction of sp³-hybridized carbons (Fsp3) is 0.923. The summed E-state index contributed by atoms with van der Waals surface area (Å²) in [5, 5.41) is 20.1. The molecule has 0 aromatic carbocycles. The molecule has 0 aromatic rings. The highest BCUT2D eigenvalue weighted by Gasteiger charge is 2.48. The van der Waals surface area contributed by atoms with Crippen LogP contribution in [0.1, 0.15) is 65.2 Å². The molecule has 1 rings (SSSR count). The van der Waals surface area contributed by atoms with Gasteiger partial charge in [0.25, 0.3) is 0 Å². The van der Waals surface area contributed by atoms with Crippen LogP contribution in [0.2, 0.25) is 0 Å². The molecule has 0 heterocycles. The van der Waals surface area contributed by atoms with E-state index in [1.807, 2.05) is 13.8 Å². The van der Waals surface area contributed by atoms with Gasteiger partial charge in [0, 0.05) is 0 Å². The van der Waals surface area contributed by atoms with Crippen LogP contribution in [0.15, 0.2) is 0 Å². The van der Waals surface area contributed by atoms with Gasteiger partial charge in [-0.1, -0.05) is 39.5 Å². The van der Waals surface area contributed by atoms with Crippen LogP contribution in [0.5, 0.6) is 0 Å². The monoisotopic (exact) mass is 209 g/mol. The van der Waals surface area contributed by atoms with Crippen molar-refractivity contribution in [1.82, 2.24) is 0 Å². The van der Waals surface area contributed by atoms with Crippen molar-refractivity contribution in [2.75, 3.05) is 0 Å². The molecular formula is C13H23NO. The molecule has 0 spiro atoms. The van der Waals surface area contributed by atoms with E-state index in [2.05, 4.69) is 6.07 Å². The Hall–Kier alpha value is -0.550. The van der Waals surface area contributed by atoms with Gasteiger partial charge >= 0.3 is 0 Å². The number of aliphatic hydroxyl groups is 1. The van der Waals surface area contributed by atoms with E-state index in [9.17, 15) is 10.4 Å². The minimum absolute atomic E-state index is 0.479. The minimum atomic E-state index is -0.772. The highest BCUT2D eigenvalue weighted by Crippen LogP contribution is 2.46. The van der Waals surface area contributed by atoms with E-state index in [-0.39, 0.29) is 0 Å². The molecule has 0 bridgehead atoms. The second-order valence-corrected chi connectivity index (χ2v) is 4.85. The second kappa shape index (κ2) is 4.99. The molecule has 0 atom stereocenters. The molecular weight excluding hydrogens is 186 g/mol. The van der Waals surface area contributed by atoms with Crippen molar-refractivity contribution >= 4 is 0 Å². The molecule has 15 heavy (non-hydrogen) atoms. The number of nitrogens with zero attached hydrogens (tertiary/aromatic N) is 1. The summed E-state index contributed by atoms with van der Waals surface area (Å²) in [6.07, 6.45) is 7.75. The zero-order valence-electron chi connectivity index (χ0n) is 10.1. The van der Waals surface area contributed by atoms with E-state index in [1.165, 1.54) is 12.8 Å². The lowest BCUT2D eigenvalue weighted by atomic mass is 9.65. The number of nitriles is 1. The predicted octanol–water partition coefficient (Wildman–Crippen LogP) is 3.40. The van der Waals surface area contributed by atoms with Gasteiger partial charge in [0.2, 0.25) is 0 Å². The first kappa shape index (κ1) is 12.5. The van der Waals surface area contributed by atoms with Gasteiger partial charge in [-0.25, -0.2) is 0 Å². The summed E-state index contributed by atoms with van der Waals surface area (Å²) >= 11 is 0. The van der Waals surface area contributed by atoms with Crippen molar-refractivity contribution in [2.24, 2.45) is 5.41 Å². The van der Waals surface area contributed by atoms with E-state index in [0.717, 1.165) is 25.7 Å². The summed E-state index contributed by atoms with van der Waals surface area (Å²) in [4.78, 5) is 0. The Morgan fingerprint density at radius 1 is 1.13 bits per heavy atom. The molecule has 2 nitrogen and oxygen atoms in total. The predicted molar refractivity (Wildman–Crippen MR) is 61.3 cm³/mol. The molecule has 2 heteroatoms. The largest absolute Gasteiger partial charge is 0.388 e. The van der Waals surface area contributed by atoms with Gasteiger partial charge in [-0.05, 0) is 25.7 Å². The Bertz CT molecular complexity index is 229. The Labute approximate surface area is 93.3 Å². The van der Waals surface area contributed by atoms with Gasteiger partial charge in [-0.2, -0.15) is 5.26 Å². The van der Waals surface area contributed by atoms with Crippen LogP contribution in [-0.2, 0) is 0 Å². The molecule has 1 fully saturated rings. The van der Waals surface area contributed by atoms with Crippen molar-refractivity contribution in [3.05, 3.63) is 0 Å². The highest BCUT2D eigenvalue weighted by molar-refractivity contribution is 5.11. The van der Waals surface area contributed by atoms with Gasteiger partial charge in [-0.3, -0.25) is 0 Å². The van der Waals surface area contributed by atoms with Crippen LogP contribution in [0.25, 0.3) is 0 Å². The third-order valence-electron chi connectivity index (χ3n) is 4.23. The van der Waals surface area contributed by atoms with E-state index in [0.29, 0.717) is 12.8 Å². The minimum Gasteiger partial charge on any atom is -0.388 e. The highest BCUT2D eigenvalue weighted by atomic mass is 16.3. The van der Waals surface area contributed by atoms with Crippen molar-refractivity contribution in [1.29, 1.82) is 5.26 Å². The number of hydrogen-bond acceptors (Lipinski definition) is 2. The molecule has 86 valence electrons. The zero-order chi connectivity index (χ0) is 11.4. The maximum absolute atomic E-state index is 10.6. The molecule has 0 unspecified atom stereocenters. The molecule has 0 saturated heterocycles. The Morgan fingerprint density at radius 2 is 1.60 bits per heavy atom. The molecule has 1 N–H and O–H groups in total. The normalized spacial score (nSPS) is 21.7. The first-order valence-corrected chi connectivity index (χ1v) is 6.28. The lowest BCUT2D eigenvalue weighted by Crippen LogP contribution is -2.46. The number of rotatable bonds is 3. The molecule has 1 aliphatic carbocycles. The van der Waals surface area contributed by atoms with Gasteiger partial charge in [0.15, 0.2) is 0 Å². The standard InChI is InChI=1S/C13H23NO/c1-3-13(15,4-2)12(11-14)9-7-5-6-8-10-12/h15H,3-10H2,1-2H3. The maximum atomic E-state index is 10.6. The second-order valence-electron chi connectivity index (χ2n) is 4.85. The third-order valence-corrected chi connectivity index (χ3v) is 4.23. The lowest BCUT2D eigenvalue weighted by molar-refractivity contribution is -0.0692. The fourth-order valence-corrected chi connectivity index (χ4v) is 2.94. The molecule has 1 aliphatic rings. The van der Waals surface area contributed by atoms with Crippen LogP contribution in [0.3, 0.4) is 0 Å². The Balaban J connectivity index is 2.95. The van der Waals surface area contributed by atoms with Crippen LogP contribution < -0.4 is 0 Å². The zero-order valence-corrected chi connectivity index (χ0v) is 10.1. The SMILES string of the molecule is CCC(O)(CC)C1(C#N)CCCCCC1. The summed E-state index contributed by atoms with van der Waals surface area (Å²) in [6.45, 7) is 3.99. The van der Waals surface area contributed by atoms with Crippen LogP contribution in [-0.4, -0.2) is 10.7 Å². The third kappa shape index (κ3) is 2.18. The van der Waals surface area contributed by atoms with Crippen molar-refractivity contribution in [2.45, 2.75) is 70.8 Å². The van der Waals surface area contributed by atoms with E-state index in [1.54, 1.807) is 0 Å². The van der Waals surface area contributed by atoms with Gasteiger partial charge in [0.05, 0.1) is 17.1 Å². The fourth-order valence-electron chi connectivity index (χ4n) is 2.94. The first-order valence-electron chi connectivity index (χ1n) is 6.28. The van der Waals surface area contributed by atoms with Crippen LogP contribution in [0, 0.1) is 16.7 Å². The topological polar surface area (TPSA) is 44.0 Å². The average molecular weight is 209 g/mol. The van der Waals surface area contributed by atoms with Crippen molar-refractivity contribution in [3.63, 3.8) is 0 Å². The quantitative estimate of drug-likeness (QED) is 0.724. The summed E-state index contributed by atoms with van der Waals surface area (Å²) in [6, 6.07) is 2.45. The molecule has 0 aliphatic heterocycles. The molecule has 1 saturated carbocycles. The Kier molecular flexibility index (Phi) is 4.16.